The number of hydrazone groups is 1. The molecule has 5 nitrogen and oxygen atoms in total. The van der Waals surface area contributed by atoms with Crippen LogP contribution in [0.15, 0.2) is 59.8 Å². The molecule has 3 aromatic rings. The molecule has 2 aliphatic rings. The lowest BCUT2D eigenvalue weighted by molar-refractivity contribution is -0.118. The van der Waals surface area contributed by atoms with Gasteiger partial charge < -0.3 is 5.32 Å². The number of benzene rings is 2. The number of anilines is 1. The Morgan fingerprint density at radius 2 is 2.00 bits per heavy atom. The number of hydrogen-bond acceptors (Lipinski definition) is 5. The Hall–Kier alpha value is -2.93. The van der Waals surface area contributed by atoms with Gasteiger partial charge in [0.25, 0.3) is 5.91 Å². The molecule has 122 valence electrons. The topological polar surface area (TPSA) is 66.4 Å². The second-order valence-corrected chi connectivity index (χ2v) is 7.04. The minimum absolute atomic E-state index is 0.259. The maximum absolute atomic E-state index is 13.7. The van der Waals surface area contributed by atoms with Crippen LogP contribution in [0.2, 0.25) is 0 Å². The van der Waals surface area contributed by atoms with E-state index >= 15 is 0 Å². The molecule has 0 bridgehead atoms. The molecule has 0 fully saturated rings. The first-order chi connectivity index (χ1) is 12.2. The molecule has 0 radical (unpaired) electrons. The lowest BCUT2D eigenvalue weighted by atomic mass is 10.1. The van der Waals surface area contributed by atoms with Gasteiger partial charge in [-0.1, -0.05) is 30.0 Å². The van der Waals surface area contributed by atoms with Gasteiger partial charge in [-0.2, -0.15) is 5.10 Å². The molecular weight excluding hydrogens is 339 g/mol. The number of nitrogens with zero attached hydrogens (tertiary/aromatic N) is 2. The number of carbonyl (C=O) groups excluding carboxylic acids is 1. The number of aromatic nitrogens is 1. The Bertz CT molecular complexity index is 1080. The zero-order chi connectivity index (χ0) is 17.0. The van der Waals surface area contributed by atoms with Gasteiger partial charge in [0, 0.05) is 28.4 Å². The summed E-state index contributed by atoms with van der Waals surface area (Å²) in [7, 11) is 0. The first kappa shape index (κ1) is 14.4. The number of para-hydroxylation sites is 1. The minimum Gasteiger partial charge on any atom is -0.323 e. The highest BCUT2D eigenvalue weighted by molar-refractivity contribution is 8.16. The van der Waals surface area contributed by atoms with E-state index in [1.54, 1.807) is 12.3 Å². The van der Waals surface area contributed by atoms with Crippen molar-refractivity contribution >= 4 is 39.3 Å². The Kier molecular flexibility index (Phi) is 2.90. The van der Waals surface area contributed by atoms with Crippen LogP contribution in [-0.2, 0) is 9.67 Å². The number of amides is 1. The first-order valence-electron chi connectivity index (χ1n) is 7.67. The second kappa shape index (κ2) is 5.03. The second-order valence-electron chi connectivity index (χ2n) is 5.84. The third kappa shape index (κ3) is 1.99. The van der Waals surface area contributed by atoms with Crippen molar-refractivity contribution < 1.29 is 9.18 Å². The van der Waals surface area contributed by atoms with E-state index in [0.29, 0.717) is 16.3 Å². The zero-order valence-corrected chi connectivity index (χ0v) is 13.6. The summed E-state index contributed by atoms with van der Waals surface area (Å²) < 4.78 is 13.7. The summed E-state index contributed by atoms with van der Waals surface area (Å²) in [6, 6.07) is 13.9. The van der Waals surface area contributed by atoms with Crippen molar-refractivity contribution in [1.29, 1.82) is 0 Å². The number of hydrogen-bond donors (Lipinski definition) is 2. The highest BCUT2D eigenvalue weighted by Crippen LogP contribution is 2.48. The molecule has 5 rings (SSSR count). The van der Waals surface area contributed by atoms with Crippen LogP contribution in [0.5, 0.6) is 0 Å². The number of fused-ring (bicyclic) bond motifs is 3. The Morgan fingerprint density at radius 1 is 1.12 bits per heavy atom. The van der Waals surface area contributed by atoms with Crippen LogP contribution in [-0.4, -0.2) is 15.9 Å². The van der Waals surface area contributed by atoms with E-state index < -0.39 is 10.7 Å². The molecule has 3 heterocycles. The molecule has 0 aliphatic carbocycles. The van der Waals surface area contributed by atoms with Crippen molar-refractivity contribution in [3.63, 3.8) is 0 Å². The van der Waals surface area contributed by atoms with Gasteiger partial charge in [0.1, 0.15) is 10.9 Å². The molecular formula is C18H11FN4OS. The quantitative estimate of drug-likeness (QED) is 0.707. The Morgan fingerprint density at radius 3 is 2.92 bits per heavy atom. The maximum Gasteiger partial charge on any atom is 0.267 e. The molecule has 1 atom stereocenters. The number of pyridine rings is 1. The fourth-order valence-corrected chi connectivity index (χ4v) is 4.34. The van der Waals surface area contributed by atoms with E-state index in [4.69, 9.17) is 0 Å². The number of halogens is 1. The van der Waals surface area contributed by atoms with Crippen LogP contribution >= 0.6 is 11.8 Å². The van der Waals surface area contributed by atoms with E-state index in [-0.39, 0.29) is 5.91 Å². The number of rotatable bonds is 1. The molecule has 7 heteroatoms. The Balaban J connectivity index is 1.61. The van der Waals surface area contributed by atoms with Crippen LogP contribution in [0, 0.1) is 5.82 Å². The summed E-state index contributed by atoms with van der Waals surface area (Å²) in [5, 5.41) is 8.81. The van der Waals surface area contributed by atoms with Crippen molar-refractivity contribution in [3.05, 3.63) is 71.7 Å². The molecule has 1 unspecified atom stereocenters. The standard InChI is InChI=1S/C18H11FN4OS/c19-11-6-7-14-13(9-11)18(17(24)21-14)23-22-16(25-18)12-5-1-3-10-4-2-8-20-15(10)12/h1-9,23H,(H,21,24). The van der Waals surface area contributed by atoms with Gasteiger partial charge in [0.05, 0.1) is 5.52 Å². The van der Waals surface area contributed by atoms with Crippen LogP contribution in [0.25, 0.3) is 10.9 Å². The van der Waals surface area contributed by atoms with E-state index in [0.717, 1.165) is 16.5 Å². The summed E-state index contributed by atoms with van der Waals surface area (Å²) >= 11 is 1.27. The molecule has 0 saturated heterocycles. The van der Waals surface area contributed by atoms with Crippen LogP contribution in [0.3, 0.4) is 0 Å². The van der Waals surface area contributed by atoms with Crippen molar-refractivity contribution in [1.82, 2.24) is 10.4 Å². The van der Waals surface area contributed by atoms with E-state index in [2.05, 4.69) is 20.8 Å². The minimum atomic E-state index is -1.15. The number of nitrogens with one attached hydrogen (secondary N) is 2. The van der Waals surface area contributed by atoms with Gasteiger partial charge in [-0.15, -0.1) is 0 Å². The average Bonchev–Trinajstić information content (AvgIpc) is 3.19. The van der Waals surface area contributed by atoms with Crippen LogP contribution in [0.1, 0.15) is 11.1 Å². The lowest BCUT2D eigenvalue weighted by Crippen LogP contribution is -2.39. The van der Waals surface area contributed by atoms with Gasteiger partial charge in [-0.25, -0.2) is 4.39 Å². The maximum atomic E-state index is 13.7. The van der Waals surface area contributed by atoms with Gasteiger partial charge in [0.2, 0.25) is 4.87 Å². The van der Waals surface area contributed by atoms with Crippen molar-refractivity contribution in [2.45, 2.75) is 4.87 Å². The Labute approximate surface area is 146 Å². The van der Waals surface area contributed by atoms with Crippen molar-refractivity contribution in [3.8, 4) is 0 Å². The normalized spacial score (nSPS) is 21.2. The average molecular weight is 350 g/mol. The predicted molar refractivity (Wildman–Crippen MR) is 95.7 cm³/mol. The first-order valence-corrected chi connectivity index (χ1v) is 8.48. The molecule has 25 heavy (non-hydrogen) atoms. The van der Waals surface area contributed by atoms with Crippen molar-refractivity contribution in [2.75, 3.05) is 5.32 Å². The van der Waals surface area contributed by atoms with Gasteiger partial charge in [0.15, 0.2) is 0 Å². The van der Waals surface area contributed by atoms with Gasteiger partial charge in [-0.3, -0.25) is 15.2 Å². The molecule has 2 aromatic carbocycles. The molecule has 0 saturated carbocycles. The highest BCUT2D eigenvalue weighted by atomic mass is 32.2. The van der Waals surface area contributed by atoms with Gasteiger partial charge in [-0.05, 0) is 30.3 Å². The molecule has 1 amide bonds. The summed E-state index contributed by atoms with van der Waals surface area (Å²) in [4.78, 5) is 15.9. The summed E-state index contributed by atoms with van der Waals surface area (Å²) in [5.74, 6) is -0.651. The number of carbonyl (C=O) groups is 1. The highest BCUT2D eigenvalue weighted by Gasteiger charge is 2.52. The molecule has 1 spiro atoms. The third-order valence-corrected chi connectivity index (χ3v) is 5.66. The van der Waals surface area contributed by atoms with Gasteiger partial charge >= 0.3 is 0 Å². The third-order valence-electron chi connectivity index (χ3n) is 4.36. The number of thioether (sulfide) groups is 1. The predicted octanol–water partition coefficient (Wildman–Crippen LogP) is 3.18. The smallest absolute Gasteiger partial charge is 0.267 e. The van der Waals surface area contributed by atoms with E-state index in [1.807, 2.05) is 30.3 Å². The lowest BCUT2D eigenvalue weighted by Gasteiger charge is -2.19. The van der Waals surface area contributed by atoms with Crippen LogP contribution < -0.4 is 10.7 Å². The van der Waals surface area contributed by atoms with Crippen LogP contribution in [0.4, 0.5) is 10.1 Å². The summed E-state index contributed by atoms with van der Waals surface area (Å²) in [5.41, 5.74) is 5.72. The fraction of sp³-hybridized carbons (Fsp3) is 0.0556. The molecule has 2 aliphatic heterocycles. The summed E-state index contributed by atoms with van der Waals surface area (Å²) in [6.45, 7) is 0. The molecule has 2 N–H and O–H groups in total. The largest absolute Gasteiger partial charge is 0.323 e. The zero-order valence-electron chi connectivity index (χ0n) is 12.8. The SMILES string of the molecule is O=C1Nc2ccc(F)cc2C12NN=C(c1cccc3cccnc13)S2. The van der Waals surface area contributed by atoms with E-state index in [9.17, 15) is 9.18 Å². The fourth-order valence-electron chi connectivity index (χ4n) is 3.17. The monoisotopic (exact) mass is 350 g/mol. The van der Waals surface area contributed by atoms with E-state index in [1.165, 1.54) is 23.9 Å². The molecule has 1 aromatic heterocycles. The van der Waals surface area contributed by atoms with Crippen molar-refractivity contribution in [2.24, 2.45) is 5.10 Å². The summed E-state index contributed by atoms with van der Waals surface area (Å²) in [6.07, 6.45) is 1.72.